The first-order valence-corrected chi connectivity index (χ1v) is 6.63. The lowest BCUT2D eigenvalue weighted by molar-refractivity contribution is 0.286. The van der Waals surface area contributed by atoms with Crippen molar-refractivity contribution in [2.45, 2.75) is 38.6 Å². The molecule has 1 N–H and O–H groups in total. The fraction of sp³-hybridized carbons (Fsp3) is 0.538. The van der Waals surface area contributed by atoms with Gasteiger partial charge in [-0.15, -0.1) is 0 Å². The van der Waals surface area contributed by atoms with Crippen LogP contribution < -0.4 is 5.32 Å². The van der Waals surface area contributed by atoms with Gasteiger partial charge in [0.15, 0.2) is 0 Å². The number of benzene rings is 1. The SMILES string of the molecule is CC(CC1CCC1)Nc1c(Cl)cccc1Cl. The second-order valence-corrected chi connectivity index (χ2v) is 5.49. The third-order valence-corrected chi connectivity index (χ3v) is 3.90. The highest BCUT2D eigenvalue weighted by Gasteiger charge is 2.20. The predicted octanol–water partition coefficient (Wildman–Crippen LogP) is 4.98. The summed E-state index contributed by atoms with van der Waals surface area (Å²) in [7, 11) is 0. The molecule has 1 aromatic carbocycles. The zero-order valence-corrected chi connectivity index (χ0v) is 11.0. The molecule has 2 rings (SSSR count). The van der Waals surface area contributed by atoms with Crippen molar-refractivity contribution in [3.8, 4) is 0 Å². The van der Waals surface area contributed by atoms with Crippen molar-refractivity contribution in [2.24, 2.45) is 5.92 Å². The van der Waals surface area contributed by atoms with Crippen molar-refractivity contribution in [3.05, 3.63) is 28.2 Å². The molecule has 0 amide bonds. The Labute approximate surface area is 107 Å². The van der Waals surface area contributed by atoms with Crippen LogP contribution in [0.3, 0.4) is 0 Å². The molecule has 0 bridgehead atoms. The highest BCUT2D eigenvalue weighted by Crippen LogP contribution is 2.34. The van der Waals surface area contributed by atoms with Crippen molar-refractivity contribution in [1.29, 1.82) is 0 Å². The Morgan fingerprint density at radius 2 is 1.94 bits per heavy atom. The summed E-state index contributed by atoms with van der Waals surface area (Å²) >= 11 is 12.2. The zero-order chi connectivity index (χ0) is 11.5. The Morgan fingerprint density at radius 1 is 1.31 bits per heavy atom. The summed E-state index contributed by atoms with van der Waals surface area (Å²) < 4.78 is 0. The third kappa shape index (κ3) is 2.83. The van der Waals surface area contributed by atoms with Crippen LogP contribution >= 0.6 is 23.2 Å². The molecular weight excluding hydrogens is 241 g/mol. The summed E-state index contributed by atoms with van der Waals surface area (Å²) in [4.78, 5) is 0. The summed E-state index contributed by atoms with van der Waals surface area (Å²) in [5.41, 5.74) is 0.873. The molecule has 0 saturated heterocycles. The predicted molar refractivity (Wildman–Crippen MR) is 71.5 cm³/mol. The van der Waals surface area contributed by atoms with Crippen molar-refractivity contribution >= 4 is 28.9 Å². The molecule has 0 radical (unpaired) electrons. The molecule has 1 nitrogen and oxygen atoms in total. The molecule has 0 spiro atoms. The van der Waals surface area contributed by atoms with E-state index in [1.54, 1.807) is 0 Å². The van der Waals surface area contributed by atoms with E-state index in [1.165, 1.54) is 25.7 Å². The molecule has 0 aliphatic heterocycles. The maximum atomic E-state index is 6.11. The Kier molecular flexibility index (Phi) is 3.99. The number of nitrogens with one attached hydrogen (secondary N) is 1. The highest BCUT2D eigenvalue weighted by atomic mass is 35.5. The molecule has 1 aromatic rings. The Balaban J connectivity index is 1.96. The van der Waals surface area contributed by atoms with Crippen molar-refractivity contribution in [2.75, 3.05) is 5.32 Å². The second-order valence-electron chi connectivity index (χ2n) is 4.67. The summed E-state index contributed by atoms with van der Waals surface area (Å²) in [5.74, 6) is 0.892. The van der Waals surface area contributed by atoms with Crippen LogP contribution in [-0.4, -0.2) is 6.04 Å². The maximum absolute atomic E-state index is 6.11. The normalized spacial score (nSPS) is 17.9. The lowest BCUT2D eigenvalue weighted by Crippen LogP contribution is -2.23. The molecule has 1 atom stereocenters. The quantitative estimate of drug-likeness (QED) is 0.802. The van der Waals surface area contributed by atoms with Gasteiger partial charge in [-0.25, -0.2) is 0 Å². The number of hydrogen-bond acceptors (Lipinski definition) is 1. The molecule has 1 unspecified atom stereocenters. The zero-order valence-electron chi connectivity index (χ0n) is 9.47. The monoisotopic (exact) mass is 257 g/mol. The lowest BCUT2D eigenvalue weighted by Gasteiger charge is -2.29. The van der Waals surface area contributed by atoms with Crippen LogP contribution in [0.2, 0.25) is 10.0 Å². The van der Waals surface area contributed by atoms with Crippen LogP contribution in [0, 0.1) is 5.92 Å². The topological polar surface area (TPSA) is 12.0 Å². The van der Waals surface area contributed by atoms with Gasteiger partial charge in [0.05, 0.1) is 15.7 Å². The molecular formula is C13H17Cl2N. The van der Waals surface area contributed by atoms with Gasteiger partial charge >= 0.3 is 0 Å². The number of para-hydroxylation sites is 1. The van der Waals surface area contributed by atoms with Crippen LogP contribution in [0.1, 0.15) is 32.6 Å². The average molecular weight is 258 g/mol. The van der Waals surface area contributed by atoms with Gasteiger partial charge in [0.1, 0.15) is 0 Å². The van der Waals surface area contributed by atoms with Gasteiger partial charge in [0.2, 0.25) is 0 Å². The lowest BCUT2D eigenvalue weighted by atomic mass is 9.81. The first kappa shape index (κ1) is 12.1. The first-order valence-electron chi connectivity index (χ1n) is 5.87. The van der Waals surface area contributed by atoms with Crippen LogP contribution in [0.5, 0.6) is 0 Å². The Hall–Kier alpha value is -0.400. The van der Waals surface area contributed by atoms with Gasteiger partial charge in [-0.2, -0.15) is 0 Å². The Bertz CT molecular complexity index is 341. The molecule has 0 aromatic heterocycles. The van der Waals surface area contributed by atoms with E-state index in [0.29, 0.717) is 16.1 Å². The van der Waals surface area contributed by atoms with E-state index in [2.05, 4.69) is 12.2 Å². The van der Waals surface area contributed by atoms with Gasteiger partial charge in [-0.1, -0.05) is 48.5 Å². The van der Waals surface area contributed by atoms with E-state index < -0.39 is 0 Å². The van der Waals surface area contributed by atoms with E-state index in [0.717, 1.165) is 11.6 Å². The average Bonchev–Trinajstić information content (AvgIpc) is 2.18. The molecule has 0 heterocycles. The standard InChI is InChI=1S/C13H17Cl2N/c1-9(8-10-4-2-5-10)16-13-11(14)6-3-7-12(13)15/h3,6-7,9-10,16H,2,4-5,8H2,1H3. The summed E-state index contributed by atoms with van der Waals surface area (Å²) in [6, 6.07) is 6.03. The van der Waals surface area contributed by atoms with E-state index >= 15 is 0 Å². The minimum atomic E-state index is 0.433. The molecule has 1 fully saturated rings. The largest absolute Gasteiger partial charge is 0.380 e. The van der Waals surface area contributed by atoms with Gasteiger partial charge in [-0.3, -0.25) is 0 Å². The van der Waals surface area contributed by atoms with Crippen molar-refractivity contribution < 1.29 is 0 Å². The molecule has 3 heteroatoms. The number of rotatable bonds is 4. The summed E-state index contributed by atoms with van der Waals surface area (Å²) in [5, 5.41) is 4.82. The number of anilines is 1. The van der Waals surface area contributed by atoms with Crippen LogP contribution in [0.25, 0.3) is 0 Å². The minimum Gasteiger partial charge on any atom is -0.380 e. The molecule has 1 saturated carbocycles. The first-order chi connectivity index (χ1) is 7.66. The van der Waals surface area contributed by atoms with Crippen LogP contribution in [-0.2, 0) is 0 Å². The van der Waals surface area contributed by atoms with Crippen molar-refractivity contribution in [3.63, 3.8) is 0 Å². The third-order valence-electron chi connectivity index (χ3n) is 3.27. The van der Waals surface area contributed by atoms with Crippen LogP contribution in [0.4, 0.5) is 5.69 Å². The molecule has 1 aliphatic rings. The maximum Gasteiger partial charge on any atom is 0.0720 e. The van der Waals surface area contributed by atoms with Gasteiger partial charge in [0, 0.05) is 6.04 Å². The van der Waals surface area contributed by atoms with E-state index in [9.17, 15) is 0 Å². The van der Waals surface area contributed by atoms with Gasteiger partial charge in [0.25, 0.3) is 0 Å². The highest BCUT2D eigenvalue weighted by molar-refractivity contribution is 6.39. The number of halogens is 2. The minimum absolute atomic E-state index is 0.433. The smallest absolute Gasteiger partial charge is 0.0720 e. The Morgan fingerprint density at radius 3 is 2.44 bits per heavy atom. The van der Waals surface area contributed by atoms with E-state index in [-0.39, 0.29) is 0 Å². The molecule has 1 aliphatic carbocycles. The van der Waals surface area contributed by atoms with Gasteiger partial charge < -0.3 is 5.32 Å². The molecule has 88 valence electrons. The fourth-order valence-corrected chi connectivity index (χ4v) is 2.68. The van der Waals surface area contributed by atoms with E-state index in [1.807, 2.05) is 18.2 Å². The van der Waals surface area contributed by atoms with Gasteiger partial charge in [-0.05, 0) is 31.4 Å². The molecule has 16 heavy (non-hydrogen) atoms. The van der Waals surface area contributed by atoms with E-state index in [4.69, 9.17) is 23.2 Å². The second kappa shape index (κ2) is 5.29. The van der Waals surface area contributed by atoms with Crippen molar-refractivity contribution in [1.82, 2.24) is 0 Å². The number of hydrogen-bond donors (Lipinski definition) is 1. The van der Waals surface area contributed by atoms with Crippen LogP contribution in [0.15, 0.2) is 18.2 Å². The summed E-state index contributed by atoms with van der Waals surface area (Å²) in [6.45, 7) is 2.19. The fourth-order valence-electron chi connectivity index (χ4n) is 2.17. The summed E-state index contributed by atoms with van der Waals surface area (Å²) in [6.07, 6.45) is 5.36.